The zero-order valence-electron chi connectivity index (χ0n) is 9.69. The van der Waals surface area contributed by atoms with Crippen LogP contribution in [0.5, 0.6) is 0 Å². The van der Waals surface area contributed by atoms with E-state index in [9.17, 15) is 5.26 Å². The van der Waals surface area contributed by atoms with Crippen molar-refractivity contribution in [3.05, 3.63) is 17.0 Å². The van der Waals surface area contributed by atoms with Crippen LogP contribution in [0.2, 0.25) is 0 Å². The van der Waals surface area contributed by atoms with Crippen molar-refractivity contribution in [3.8, 4) is 6.07 Å². The van der Waals surface area contributed by atoms with Gasteiger partial charge in [-0.25, -0.2) is 0 Å². The van der Waals surface area contributed by atoms with Gasteiger partial charge < -0.3 is 9.47 Å². The monoisotopic (exact) mass is 233 g/mol. The van der Waals surface area contributed by atoms with Crippen molar-refractivity contribution < 1.29 is 9.47 Å². The lowest BCUT2D eigenvalue weighted by Crippen LogP contribution is -2.21. The fraction of sp³-hybridized carbons (Fsp3) is 0.667. The van der Waals surface area contributed by atoms with E-state index in [0.29, 0.717) is 24.9 Å². The Morgan fingerprint density at radius 2 is 2.06 bits per heavy atom. The molecule has 0 saturated carbocycles. The summed E-state index contributed by atoms with van der Waals surface area (Å²) in [4.78, 5) is 0. The normalized spacial score (nSPS) is 20.9. The highest BCUT2D eigenvalue weighted by Gasteiger charge is 2.26. The van der Waals surface area contributed by atoms with E-state index in [2.05, 4.69) is 11.2 Å². The molecule has 0 aliphatic carbocycles. The molecule has 2 aliphatic heterocycles. The number of rotatable bonds is 1. The summed E-state index contributed by atoms with van der Waals surface area (Å²) in [5, 5.41) is 13.9. The largest absolute Gasteiger partial charge is 0.381 e. The first kappa shape index (κ1) is 10.8. The van der Waals surface area contributed by atoms with Crippen molar-refractivity contribution in [1.29, 1.82) is 5.26 Å². The summed E-state index contributed by atoms with van der Waals surface area (Å²) in [5.41, 5.74) is 2.72. The standard InChI is InChI=1S/C12H15N3O2/c13-7-12-10-8-17-6-3-11(10)14-15(12)9-1-4-16-5-2-9/h9H,1-6,8H2. The molecule has 0 bridgehead atoms. The predicted octanol–water partition coefficient (Wildman–Crippen LogP) is 1.18. The average molecular weight is 233 g/mol. The number of nitrogens with zero attached hydrogens (tertiary/aromatic N) is 3. The molecule has 0 N–H and O–H groups in total. The summed E-state index contributed by atoms with van der Waals surface area (Å²) < 4.78 is 12.7. The van der Waals surface area contributed by atoms with Crippen LogP contribution >= 0.6 is 0 Å². The van der Waals surface area contributed by atoms with Gasteiger partial charge in [0.2, 0.25) is 0 Å². The fourth-order valence-electron chi connectivity index (χ4n) is 2.52. The number of aromatic nitrogens is 2. The van der Waals surface area contributed by atoms with E-state index in [1.165, 1.54) is 0 Å². The molecule has 3 heterocycles. The summed E-state index contributed by atoms with van der Waals surface area (Å²) in [6.07, 6.45) is 2.70. The van der Waals surface area contributed by atoms with Gasteiger partial charge in [0.15, 0.2) is 0 Å². The average Bonchev–Trinajstić information content (AvgIpc) is 2.78. The lowest BCUT2D eigenvalue weighted by molar-refractivity contribution is 0.0659. The van der Waals surface area contributed by atoms with Crippen LogP contribution in [0.15, 0.2) is 0 Å². The van der Waals surface area contributed by atoms with E-state index in [1.807, 2.05) is 4.68 Å². The minimum atomic E-state index is 0.309. The molecular weight excluding hydrogens is 218 g/mol. The van der Waals surface area contributed by atoms with E-state index in [-0.39, 0.29) is 0 Å². The van der Waals surface area contributed by atoms with Crippen LogP contribution < -0.4 is 0 Å². The van der Waals surface area contributed by atoms with Gasteiger partial charge in [-0.1, -0.05) is 0 Å². The highest BCUT2D eigenvalue weighted by Crippen LogP contribution is 2.27. The Kier molecular flexibility index (Phi) is 2.83. The predicted molar refractivity (Wildman–Crippen MR) is 59.4 cm³/mol. The topological polar surface area (TPSA) is 60.1 Å². The van der Waals surface area contributed by atoms with E-state index in [1.54, 1.807) is 0 Å². The van der Waals surface area contributed by atoms with Crippen LogP contribution in [0.25, 0.3) is 0 Å². The second-order valence-corrected chi connectivity index (χ2v) is 4.48. The summed E-state index contributed by atoms with van der Waals surface area (Å²) in [5.74, 6) is 0. The first-order chi connectivity index (χ1) is 8.40. The van der Waals surface area contributed by atoms with E-state index in [0.717, 1.165) is 43.7 Å². The van der Waals surface area contributed by atoms with E-state index >= 15 is 0 Å². The molecule has 90 valence electrons. The van der Waals surface area contributed by atoms with Crippen molar-refractivity contribution in [2.45, 2.75) is 31.9 Å². The SMILES string of the molecule is N#Cc1c2c(nn1C1CCOCC1)CCOC2. The number of ether oxygens (including phenoxy) is 2. The second-order valence-electron chi connectivity index (χ2n) is 4.48. The summed E-state index contributed by atoms with van der Waals surface area (Å²) in [7, 11) is 0. The first-order valence-corrected chi connectivity index (χ1v) is 6.06. The smallest absolute Gasteiger partial charge is 0.144 e. The Morgan fingerprint density at radius 1 is 1.24 bits per heavy atom. The summed E-state index contributed by atoms with van der Waals surface area (Å²) in [6.45, 7) is 2.76. The lowest BCUT2D eigenvalue weighted by atomic mass is 10.1. The van der Waals surface area contributed by atoms with Gasteiger partial charge >= 0.3 is 0 Å². The van der Waals surface area contributed by atoms with Crippen LogP contribution in [0.1, 0.15) is 35.8 Å². The van der Waals surface area contributed by atoms with E-state index in [4.69, 9.17) is 9.47 Å². The Bertz CT molecular complexity index is 455. The first-order valence-electron chi connectivity index (χ1n) is 6.06. The zero-order valence-corrected chi connectivity index (χ0v) is 9.69. The molecule has 3 rings (SSSR count). The van der Waals surface area contributed by atoms with Crippen molar-refractivity contribution in [2.75, 3.05) is 19.8 Å². The molecule has 0 spiro atoms. The molecule has 0 radical (unpaired) electrons. The highest BCUT2D eigenvalue weighted by atomic mass is 16.5. The van der Waals surface area contributed by atoms with Gasteiger partial charge in [-0.05, 0) is 12.8 Å². The van der Waals surface area contributed by atoms with Gasteiger partial charge in [-0.3, -0.25) is 4.68 Å². The minimum Gasteiger partial charge on any atom is -0.381 e. The molecule has 1 saturated heterocycles. The highest BCUT2D eigenvalue weighted by molar-refractivity contribution is 5.36. The van der Waals surface area contributed by atoms with Crippen molar-refractivity contribution in [3.63, 3.8) is 0 Å². The molecule has 1 aromatic heterocycles. The molecule has 0 aromatic carbocycles. The third-order valence-corrected chi connectivity index (χ3v) is 3.46. The Hall–Kier alpha value is -1.38. The quantitative estimate of drug-likeness (QED) is 0.730. The molecule has 5 nitrogen and oxygen atoms in total. The molecule has 5 heteroatoms. The van der Waals surface area contributed by atoms with Crippen LogP contribution in [0.3, 0.4) is 0 Å². The number of hydrogen-bond donors (Lipinski definition) is 0. The molecule has 0 atom stereocenters. The fourth-order valence-corrected chi connectivity index (χ4v) is 2.52. The van der Waals surface area contributed by atoms with Gasteiger partial charge in [0, 0.05) is 25.2 Å². The van der Waals surface area contributed by atoms with Crippen molar-refractivity contribution in [1.82, 2.24) is 9.78 Å². The maximum absolute atomic E-state index is 9.30. The number of nitriles is 1. The Balaban J connectivity index is 1.98. The van der Waals surface area contributed by atoms with Gasteiger partial charge in [-0.15, -0.1) is 0 Å². The van der Waals surface area contributed by atoms with Crippen molar-refractivity contribution >= 4 is 0 Å². The molecule has 0 unspecified atom stereocenters. The van der Waals surface area contributed by atoms with Gasteiger partial charge in [0.1, 0.15) is 11.8 Å². The van der Waals surface area contributed by atoms with Crippen LogP contribution in [0.4, 0.5) is 0 Å². The Labute approximate surface area is 99.9 Å². The van der Waals surface area contributed by atoms with Crippen molar-refractivity contribution in [2.24, 2.45) is 0 Å². The van der Waals surface area contributed by atoms with Gasteiger partial charge in [0.25, 0.3) is 0 Å². The van der Waals surface area contributed by atoms with Crippen LogP contribution in [-0.4, -0.2) is 29.6 Å². The molecule has 1 fully saturated rings. The molecule has 0 amide bonds. The maximum atomic E-state index is 9.30. The number of fused-ring (bicyclic) bond motifs is 1. The number of hydrogen-bond acceptors (Lipinski definition) is 4. The zero-order chi connectivity index (χ0) is 11.7. The third-order valence-electron chi connectivity index (χ3n) is 3.46. The lowest BCUT2D eigenvalue weighted by Gasteiger charge is -2.22. The Morgan fingerprint density at radius 3 is 2.82 bits per heavy atom. The van der Waals surface area contributed by atoms with Gasteiger partial charge in [-0.2, -0.15) is 10.4 Å². The van der Waals surface area contributed by atoms with Crippen LogP contribution in [-0.2, 0) is 22.5 Å². The van der Waals surface area contributed by atoms with Crippen LogP contribution in [0, 0.1) is 11.3 Å². The maximum Gasteiger partial charge on any atom is 0.144 e. The molecule has 2 aliphatic rings. The molecular formula is C12H15N3O2. The second kappa shape index (κ2) is 4.47. The van der Waals surface area contributed by atoms with Gasteiger partial charge in [0.05, 0.1) is 24.9 Å². The minimum absolute atomic E-state index is 0.309. The van der Waals surface area contributed by atoms with E-state index < -0.39 is 0 Å². The molecule has 17 heavy (non-hydrogen) atoms. The summed E-state index contributed by atoms with van der Waals surface area (Å²) >= 11 is 0. The molecule has 1 aromatic rings. The summed E-state index contributed by atoms with van der Waals surface area (Å²) in [6, 6.07) is 2.59. The third kappa shape index (κ3) is 1.84.